The van der Waals surface area contributed by atoms with E-state index < -0.39 is 4.92 Å². The van der Waals surface area contributed by atoms with Crippen LogP contribution in [0.3, 0.4) is 0 Å². The summed E-state index contributed by atoms with van der Waals surface area (Å²) < 4.78 is 13.5. The highest BCUT2D eigenvalue weighted by Crippen LogP contribution is 2.24. The minimum absolute atomic E-state index is 0.0369. The maximum Gasteiger partial charge on any atom is 0.271 e. The zero-order valence-electron chi connectivity index (χ0n) is 17.7. The summed E-state index contributed by atoms with van der Waals surface area (Å²) in [5, 5.41) is 11.1. The molecule has 0 spiro atoms. The summed E-state index contributed by atoms with van der Waals surface area (Å²) >= 11 is 0. The lowest BCUT2D eigenvalue weighted by Crippen LogP contribution is -2.27. The molecule has 0 bridgehead atoms. The predicted molar refractivity (Wildman–Crippen MR) is 116 cm³/mol. The topological polar surface area (TPSA) is 82.7 Å². The van der Waals surface area contributed by atoms with Gasteiger partial charge in [0, 0.05) is 25.2 Å². The molecule has 8 nitrogen and oxygen atoms in total. The van der Waals surface area contributed by atoms with Crippen LogP contribution >= 0.6 is 0 Å². The number of nitro benzene ring substituents is 1. The minimum atomic E-state index is -0.398. The standard InChI is InChI=1S/C22H28N4O4/c1-4-24(5-2)13-14-25-21-12-7-17(26(27)28)15-20(21)23-22(25)16-30-19-10-8-18(9-11-19)29-6-3/h7-12,15H,4-6,13-14,16H2,1-3H3. The van der Waals surface area contributed by atoms with Crippen LogP contribution in [0.15, 0.2) is 42.5 Å². The average Bonchev–Trinajstić information content (AvgIpc) is 3.11. The van der Waals surface area contributed by atoms with Gasteiger partial charge in [0.05, 0.1) is 22.6 Å². The highest BCUT2D eigenvalue weighted by Gasteiger charge is 2.16. The van der Waals surface area contributed by atoms with E-state index in [0.717, 1.165) is 43.3 Å². The number of aromatic nitrogens is 2. The Morgan fingerprint density at radius 3 is 2.30 bits per heavy atom. The van der Waals surface area contributed by atoms with Crippen molar-refractivity contribution in [2.24, 2.45) is 0 Å². The molecule has 0 atom stereocenters. The quantitative estimate of drug-likeness (QED) is 0.346. The van der Waals surface area contributed by atoms with Crippen LogP contribution in [0.2, 0.25) is 0 Å². The second kappa shape index (κ2) is 10.1. The second-order valence-electron chi connectivity index (χ2n) is 6.83. The Balaban J connectivity index is 1.84. The lowest BCUT2D eigenvalue weighted by molar-refractivity contribution is -0.384. The number of non-ortho nitro benzene ring substituents is 1. The molecule has 160 valence electrons. The van der Waals surface area contributed by atoms with Gasteiger partial charge in [-0.05, 0) is 50.3 Å². The van der Waals surface area contributed by atoms with Gasteiger partial charge in [-0.2, -0.15) is 0 Å². The molecule has 1 aromatic heterocycles. The van der Waals surface area contributed by atoms with Gasteiger partial charge in [-0.25, -0.2) is 4.98 Å². The van der Waals surface area contributed by atoms with Gasteiger partial charge >= 0.3 is 0 Å². The number of nitrogens with zero attached hydrogens (tertiary/aromatic N) is 4. The third-order valence-corrected chi connectivity index (χ3v) is 5.06. The zero-order chi connectivity index (χ0) is 21.5. The molecule has 0 radical (unpaired) electrons. The number of benzene rings is 2. The summed E-state index contributed by atoms with van der Waals surface area (Å²) in [6, 6.07) is 12.3. The molecule has 8 heteroatoms. The minimum Gasteiger partial charge on any atom is -0.494 e. The Morgan fingerprint density at radius 1 is 1.03 bits per heavy atom. The number of ether oxygens (including phenoxy) is 2. The first-order valence-electron chi connectivity index (χ1n) is 10.3. The fourth-order valence-corrected chi connectivity index (χ4v) is 3.37. The smallest absolute Gasteiger partial charge is 0.271 e. The number of imidazole rings is 1. The van der Waals surface area contributed by atoms with Crippen LogP contribution in [0, 0.1) is 10.1 Å². The van der Waals surface area contributed by atoms with E-state index in [9.17, 15) is 10.1 Å². The Hall–Kier alpha value is -3.13. The van der Waals surface area contributed by atoms with Gasteiger partial charge in [0.1, 0.15) is 23.9 Å². The SMILES string of the molecule is CCOc1ccc(OCc2nc3cc([N+](=O)[O-])ccc3n2CCN(CC)CC)cc1. The number of nitro groups is 1. The monoisotopic (exact) mass is 412 g/mol. The number of hydrogen-bond donors (Lipinski definition) is 0. The van der Waals surface area contributed by atoms with Crippen LogP contribution in [-0.4, -0.2) is 45.6 Å². The second-order valence-corrected chi connectivity index (χ2v) is 6.83. The summed E-state index contributed by atoms with van der Waals surface area (Å²) in [5.41, 5.74) is 1.52. The Labute approximate surface area is 176 Å². The molecule has 3 aromatic rings. The molecule has 0 unspecified atom stereocenters. The molecule has 0 saturated heterocycles. The average molecular weight is 412 g/mol. The zero-order valence-corrected chi connectivity index (χ0v) is 17.7. The summed E-state index contributed by atoms with van der Waals surface area (Å²) in [5.74, 6) is 2.25. The maximum absolute atomic E-state index is 11.1. The molecule has 0 aliphatic carbocycles. The van der Waals surface area contributed by atoms with E-state index in [1.807, 2.05) is 31.2 Å². The molecule has 0 saturated carbocycles. The molecule has 0 fully saturated rings. The lowest BCUT2D eigenvalue weighted by Gasteiger charge is -2.19. The van der Waals surface area contributed by atoms with E-state index in [1.54, 1.807) is 6.07 Å². The highest BCUT2D eigenvalue weighted by atomic mass is 16.6. The van der Waals surface area contributed by atoms with Gasteiger partial charge in [0.15, 0.2) is 0 Å². The normalized spacial score (nSPS) is 11.2. The predicted octanol–water partition coefficient (Wildman–Crippen LogP) is 4.26. The van der Waals surface area contributed by atoms with Crippen LogP contribution in [0.25, 0.3) is 11.0 Å². The van der Waals surface area contributed by atoms with Gasteiger partial charge < -0.3 is 18.9 Å². The van der Waals surface area contributed by atoms with Gasteiger partial charge in [-0.15, -0.1) is 0 Å². The van der Waals surface area contributed by atoms with Crippen LogP contribution in [-0.2, 0) is 13.2 Å². The van der Waals surface area contributed by atoms with E-state index in [2.05, 4.69) is 28.3 Å². The van der Waals surface area contributed by atoms with Crippen molar-refractivity contribution in [2.45, 2.75) is 33.9 Å². The number of fused-ring (bicyclic) bond motifs is 1. The van der Waals surface area contributed by atoms with Gasteiger partial charge in [0.2, 0.25) is 0 Å². The fourth-order valence-electron chi connectivity index (χ4n) is 3.37. The van der Waals surface area contributed by atoms with Crippen LogP contribution in [0.5, 0.6) is 11.5 Å². The van der Waals surface area contributed by atoms with E-state index >= 15 is 0 Å². The summed E-state index contributed by atoms with van der Waals surface area (Å²) in [6.07, 6.45) is 0. The van der Waals surface area contributed by atoms with Crippen molar-refractivity contribution < 1.29 is 14.4 Å². The highest BCUT2D eigenvalue weighted by molar-refractivity contribution is 5.78. The Morgan fingerprint density at radius 2 is 1.70 bits per heavy atom. The molecular formula is C22H28N4O4. The van der Waals surface area contributed by atoms with Crippen molar-refractivity contribution in [2.75, 3.05) is 26.2 Å². The summed E-state index contributed by atoms with van der Waals surface area (Å²) in [7, 11) is 0. The first kappa shape index (κ1) is 21.6. The van der Waals surface area contributed by atoms with Crippen molar-refractivity contribution in [3.8, 4) is 11.5 Å². The van der Waals surface area contributed by atoms with Gasteiger partial charge in [-0.1, -0.05) is 13.8 Å². The maximum atomic E-state index is 11.1. The molecule has 2 aromatic carbocycles. The van der Waals surface area contributed by atoms with Crippen molar-refractivity contribution in [3.63, 3.8) is 0 Å². The molecule has 1 heterocycles. The van der Waals surface area contributed by atoms with Crippen molar-refractivity contribution >= 4 is 16.7 Å². The molecule has 3 rings (SSSR count). The van der Waals surface area contributed by atoms with Crippen molar-refractivity contribution in [1.29, 1.82) is 0 Å². The van der Waals surface area contributed by atoms with Crippen LogP contribution < -0.4 is 9.47 Å². The molecule has 0 aliphatic heterocycles. The molecular weight excluding hydrogens is 384 g/mol. The van der Waals surface area contributed by atoms with E-state index in [4.69, 9.17) is 9.47 Å². The largest absolute Gasteiger partial charge is 0.494 e. The van der Waals surface area contributed by atoms with Crippen molar-refractivity contribution in [3.05, 3.63) is 58.4 Å². The van der Waals surface area contributed by atoms with E-state index in [0.29, 0.717) is 17.9 Å². The third kappa shape index (κ3) is 5.07. The molecule has 0 N–H and O–H groups in total. The number of likely N-dealkylation sites (N-methyl/N-ethyl adjacent to an activating group) is 1. The molecule has 0 aliphatic rings. The van der Waals surface area contributed by atoms with Crippen LogP contribution in [0.4, 0.5) is 5.69 Å². The van der Waals surface area contributed by atoms with Crippen LogP contribution in [0.1, 0.15) is 26.6 Å². The summed E-state index contributed by atoms with van der Waals surface area (Å²) in [6.45, 7) is 10.6. The lowest BCUT2D eigenvalue weighted by atomic mass is 10.3. The summed E-state index contributed by atoms with van der Waals surface area (Å²) in [4.78, 5) is 17.7. The first-order valence-corrected chi connectivity index (χ1v) is 10.3. The van der Waals surface area contributed by atoms with E-state index in [-0.39, 0.29) is 12.3 Å². The number of hydrogen-bond acceptors (Lipinski definition) is 6. The Bertz CT molecular complexity index is 981. The Kier molecular flexibility index (Phi) is 7.24. The van der Waals surface area contributed by atoms with Gasteiger partial charge in [-0.3, -0.25) is 10.1 Å². The van der Waals surface area contributed by atoms with Gasteiger partial charge in [0.25, 0.3) is 5.69 Å². The van der Waals surface area contributed by atoms with E-state index in [1.165, 1.54) is 12.1 Å². The first-order chi connectivity index (χ1) is 14.5. The number of rotatable bonds is 11. The fraction of sp³-hybridized carbons (Fsp3) is 0.409. The van der Waals surface area contributed by atoms with Crippen molar-refractivity contribution in [1.82, 2.24) is 14.5 Å². The molecule has 30 heavy (non-hydrogen) atoms. The third-order valence-electron chi connectivity index (χ3n) is 5.06. The molecule has 0 amide bonds.